The molecule has 6 rings (SSSR count). The second kappa shape index (κ2) is 24.1. The van der Waals surface area contributed by atoms with Gasteiger partial charge in [-0.05, 0) is 135 Å². The predicted octanol–water partition coefficient (Wildman–Crippen LogP) is 3.72. The molecule has 0 amide bonds. The van der Waals surface area contributed by atoms with Gasteiger partial charge in [0.1, 0.15) is 5.78 Å². The Balaban J connectivity index is 0.000000407. The summed E-state index contributed by atoms with van der Waals surface area (Å²) in [6, 6.07) is 7.30. The summed E-state index contributed by atoms with van der Waals surface area (Å²) in [7, 11) is 3.18. The summed E-state index contributed by atoms with van der Waals surface area (Å²) in [6.45, 7) is 23.0. The fourth-order valence-corrected chi connectivity index (χ4v) is 9.26. The van der Waals surface area contributed by atoms with E-state index in [2.05, 4.69) is 33.8 Å². The van der Waals surface area contributed by atoms with E-state index in [1.807, 2.05) is 62.7 Å². The molecule has 0 aromatic carbocycles. The molecule has 340 valence electrons. The van der Waals surface area contributed by atoms with Gasteiger partial charge < -0.3 is 53.4 Å². The van der Waals surface area contributed by atoms with Crippen LogP contribution in [0.5, 0.6) is 11.8 Å². The van der Waals surface area contributed by atoms with Gasteiger partial charge in [0, 0.05) is 41.9 Å². The number of carbonyl (C=O) groups excluding carboxylic acids is 3. The Labute approximate surface area is 395 Å². The van der Waals surface area contributed by atoms with Gasteiger partial charge in [-0.15, -0.1) is 10.2 Å². The van der Waals surface area contributed by atoms with Crippen LogP contribution in [0.25, 0.3) is 11.0 Å². The largest absolute Gasteiger partial charge is 2.00 e. The molecule has 2 saturated heterocycles. The minimum absolute atomic E-state index is 0. The van der Waals surface area contributed by atoms with Gasteiger partial charge in [-0.2, -0.15) is 0 Å². The third-order valence-corrected chi connectivity index (χ3v) is 12.1. The minimum Gasteiger partial charge on any atom is -1.00 e. The summed E-state index contributed by atoms with van der Waals surface area (Å²) < 4.78 is 25.0. The third-order valence-electron chi connectivity index (χ3n) is 12.1. The predicted molar refractivity (Wildman–Crippen MR) is 239 cm³/mol. The minimum atomic E-state index is -0.679. The van der Waals surface area contributed by atoms with Crippen LogP contribution >= 0.6 is 0 Å². The van der Waals surface area contributed by atoms with Crippen molar-refractivity contribution < 1.29 is 55.4 Å². The number of hydrogen-bond acceptors (Lipinski definition) is 12. The Morgan fingerprint density at radius 2 is 1.11 bits per heavy atom. The van der Waals surface area contributed by atoms with E-state index in [4.69, 9.17) is 18.9 Å². The smallest absolute Gasteiger partial charge is 1.00 e. The first-order chi connectivity index (χ1) is 28.0. The van der Waals surface area contributed by atoms with Gasteiger partial charge in [-0.3, -0.25) is 9.69 Å². The van der Waals surface area contributed by atoms with E-state index in [9.17, 15) is 19.5 Å². The van der Waals surface area contributed by atoms with Gasteiger partial charge >= 0.3 is 35.0 Å². The maximum Gasteiger partial charge on any atom is 2.00 e. The molecule has 1 N–H and O–H groups in total. The fourth-order valence-electron chi connectivity index (χ4n) is 9.26. The number of fused-ring (bicyclic) bond motifs is 2. The van der Waals surface area contributed by atoms with Crippen LogP contribution in [0, 0.1) is 33.1 Å². The zero-order valence-corrected chi connectivity index (χ0v) is 42.2. The molecular formula is C46H69BrMgN6O8. The number of Topliss-reactive ketones (excluding diaryl/α,β-unsaturated/α-hetero) is 1. The van der Waals surface area contributed by atoms with E-state index in [1.165, 1.54) is 0 Å². The summed E-state index contributed by atoms with van der Waals surface area (Å²) in [4.78, 5) is 41.3. The third kappa shape index (κ3) is 12.7. The normalized spacial score (nSPS) is 16.2. The molecule has 16 heteroatoms. The summed E-state index contributed by atoms with van der Waals surface area (Å²) in [5.74, 6) is 1.98. The monoisotopic (exact) mass is 936 g/mol. The second-order valence-electron chi connectivity index (χ2n) is 16.9. The van der Waals surface area contributed by atoms with Crippen molar-refractivity contribution in [1.29, 1.82) is 0 Å². The summed E-state index contributed by atoms with van der Waals surface area (Å²) in [6.07, 6.45) is 4.12. The zero-order chi connectivity index (χ0) is 43.2. The Kier molecular flexibility index (Phi) is 21.3. The Bertz CT molecular complexity index is 2100. The van der Waals surface area contributed by atoms with E-state index in [0.29, 0.717) is 61.0 Å². The zero-order valence-electron chi connectivity index (χ0n) is 39.2. The van der Waals surface area contributed by atoms with Crippen LogP contribution in [0.2, 0.25) is 0 Å². The molecule has 2 atom stereocenters. The van der Waals surface area contributed by atoms with Gasteiger partial charge in [0.25, 0.3) is 0 Å². The number of esters is 2. The van der Waals surface area contributed by atoms with Crippen LogP contribution in [0.1, 0.15) is 129 Å². The number of carbonyl (C=O) groups is 3. The van der Waals surface area contributed by atoms with Crippen LogP contribution in [0.4, 0.5) is 0 Å². The number of ketones is 1. The number of methoxy groups -OCH3 is 2. The van der Waals surface area contributed by atoms with Crippen molar-refractivity contribution >= 4 is 51.8 Å². The first kappa shape index (κ1) is 54.8. The first-order valence-electron chi connectivity index (χ1n) is 21.2. The molecule has 0 spiro atoms. The van der Waals surface area contributed by atoms with Gasteiger partial charge in [-0.25, -0.2) is 18.6 Å². The Morgan fingerprint density at radius 3 is 1.44 bits per heavy atom. The van der Waals surface area contributed by atoms with Crippen LogP contribution in [0.3, 0.4) is 0 Å². The van der Waals surface area contributed by atoms with E-state index < -0.39 is 5.60 Å². The van der Waals surface area contributed by atoms with E-state index in [0.717, 1.165) is 85.4 Å². The van der Waals surface area contributed by atoms with E-state index >= 15 is 0 Å². The number of halogens is 1. The molecule has 4 aromatic heterocycles. The molecule has 2 unspecified atom stereocenters. The van der Waals surface area contributed by atoms with Gasteiger partial charge in [0.05, 0.1) is 61.7 Å². The summed E-state index contributed by atoms with van der Waals surface area (Å²) in [5.41, 5.74) is 5.93. The number of aromatic nitrogens is 4. The molecule has 2 fully saturated rings. The molecule has 62 heavy (non-hydrogen) atoms. The molecule has 6 heterocycles. The quantitative estimate of drug-likeness (QED) is 0.112. The van der Waals surface area contributed by atoms with E-state index in [-0.39, 0.29) is 77.0 Å². The molecule has 2 aliphatic rings. The van der Waals surface area contributed by atoms with Crippen molar-refractivity contribution in [2.24, 2.45) is 11.8 Å². The Hall–Kier alpha value is -3.28. The van der Waals surface area contributed by atoms with Crippen molar-refractivity contribution in [3.05, 3.63) is 65.3 Å². The molecule has 2 aliphatic heterocycles. The van der Waals surface area contributed by atoms with Crippen molar-refractivity contribution in [1.82, 2.24) is 29.0 Å². The van der Waals surface area contributed by atoms with Crippen molar-refractivity contribution in [3.63, 3.8) is 0 Å². The number of ether oxygens (including phenoxy) is 4. The second-order valence-corrected chi connectivity index (χ2v) is 16.9. The van der Waals surface area contributed by atoms with Gasteiger partial charge in [0.2, 0.25) is 11.8 Å². The number of hydrogen-bond donors (Lipinski definition) is 1. The first-order valence-corrected chi connectivity index (χ1v) is 21.2. The molecule has 0 bridgehead atoms. The van der Waals surface area contributed by atoms with Crippen LogP contribution in [0.15, 0.2) is 24.3 Å². The van der Waals surface area contributed by atoms with E-state index in [1.54, 1.807) is 33.3 Å². The fraction of sp³-hybridized carbons (Fsp3) is 0.609. The number of nitrogens with zero attached hydrogens (tertiary/aromatic N) is 6. The SMILES string of the molecule is CCOC(=O)c1c(C)c(C(C)C2CCN(CC(C)(C)O)CC2)n2nc(OC)ccc12.CCOC(=O)c1c(C)c(C(C)C2CCN(CC(C)=O)CC2)n2nc(OC)ccc12.[Br-].[CH3-].[Mg+2]. The molecule has 0 saturated carbocycles. The molecule has 0 aliphatic carbocycles. The average Bonchev–Trinajstić information content (AvgIpc) is 3.65. The maximum absolute atomic E-state index is 12.7. The summed E-state index contributed by atoms with van der Waals surface area (Å²) >= 11 is 0. The molecular weight excluding hydrogens is 869 g/mol. The van der Waals surface area contributed by atoms with Crippen LogP contribution in [-0.2, 0) is 14.3 Å². The van der Waals surface area contributed by atoms with Crippen molar-refractivity contribution in [2.45, 2.75) is 105 Å². The molecule has 4 aromatic rings. The van der Waals surface area contributed by atoms with Crippen LogP contribution < -0.4 is 26.5 Å². The number of β-amino-alcohol motifs (C(OH)–C–C–N with tert-alkyl or cyclic N) is 1. The average molecular weight is 938 g/mol. The topological polar surface area (TPSA) is 149 Å². The standard InChI is InChI=1S/C23H35N3O4.C22H31N3O4.CH3.BrH.Mg/c1-7-30-22(27)20-16(3)21(26-18(20)8-9-19(24-26)29-6)15(2)17-10-12-25(13-11-17)14-23(4,5)28;1-6-29-22(27)20-16(4)21(25-18(20)7-8-19(23-25)28-5)15(3)17-9-11-24(12-10-17)13-14(2)26;;;/h8-9,15,17,28H,7,10-14H2,1-6H3;7-8,15,17H,6,9-13H2,1-5H3;1H3;1H;/q;;-1;;+2/p-1. The number of rotatable bonds is 14. The van der Waals surface area contributed by atoms with Crippen molar-refractivity contribution in [2.75, 3.05) is 66.7 Å². The maximum atomic E-state index is 12.7. The van der Waals surface area contributed by atoms with Crippen LogP contribution in [-0.4, -0.2) is 147 Å². The van der Waals surface area contributed by atoms with Gasteiger partial charge in [0.15, 0.2) is 0 Å². The number of piperidine rings is 2. The van der Waals surface area contributed by atoms with Gasteiger partial charge in [-0.1, -0.05) is 13.8 Å². The number of likely N-dealkylation sites (tertiary alicyclic amines) is 2. The molecule has 14 nitrogen and oxygen atoms in total. The summed E-state index contributed by atoms with van der Waals surface area (Å²) in [5, 5.41) is 19.4. The van der Waals surface area contributed by atoms with Crippen molar-refractivity contribution in [3.8, 4) is 11.8 Å². The Morgan fingerprint density at radius 1 is 0.742 bits per heavy atom. The molecule has 0 radical (unpaired) electrons. The number of aliphatic hydroxyl groups is 1.